The van der Waals surface area contributed by atoms with Gasteiger partial charge in [0.2, 0.25) is 5.91 Å². The minimum Gasteiger partial charge on any atom is -0.454 e. The van der Waals surface area contributed by atoms with E-state index < -0.39 is 0 Å². The second-order valence-electron chi connectivity index (χ2n) is 12.2. The van der Waals surface area contributed by atoms with Crippen LogP contribution in [0.5, 0.6) is 0 Å². The number of amides is 2. The molecule has 2 aromatic heterocycles. The van der Waals surface area contributed by atoms with Crippen molar-refractivity contribution >= 4 is 11.8 Å². The summed E-state index contributed by atoms with van der Waals surface area (Å²) in [5.74, 6) is 1.53. The van der Waals surface area contributed by atoms with E-state index >= 15 is 0 Å². The van der Waals surface area contributed by atoms with E-state index in [1.165, 1.54) is 11.1 Å². The van der Waals surface area contributed by atoms with E-state index in [2.05, 4.69) is 83.1 Å². The molecule has 1 aliphatic carbocycles. The van der Waals surface area contributed by atoms with Crippen LogP contribution in [0.15, 0.2) is 95.5 Å². The molecule has 2 aliphatic rings. The van der Waals surface area contributed by atoms with Gasteiger partial charge in [-0.15, -0.1) is 0 Å². The highest BCUT2D eigenvalue weighted by molar-refractivity contribution is 5.91. The Morgan fingerprint density at radius 3 is 2.14 bits per heavy atom. The molecule has 44 heavy (non-hydrogen) atoms. The first-order valence-electron chi connectivity index (χ1n) is 16.3. The fourth-order valence-electron chi connectivity index (χ4n) is 6.88. The predicted molar refractivity (Wildman–Crippen MR) is 172 cm³/mol. The number of rotatable bonds is 11. The fraction of sp³-hybridized carbons (Fsp3) is 0.405. The second-order valence-corrected chi connectivity index (χ2v) is 12.2. The third-order valence-corrected chi connectivity index (χ3v) is 9.18. The minimum atomic E-state index is -0.0594. The molecule has 0 atom stereocenters. The quantitative estimate of drug-likeness (QED) is 0.197. The molecule has 1 saturated heterocycles. The summed E-state index contributed by atoms with van der Waals surface area (Å²) in [4.78, 5) is 33.1. The van der Waals surface area contributed by atoms with Gasteiger partial charge >= 0.3 is 0 Å². The van der Waals surface area contributed by atoms with E-state index in [-0.39, 0.29) is 17.9 Å². The van der Waals surface area contributed by atoms with Crippen molar-refractivity contribution in [2.75, 3.05) is 32.7 Å². The van der Waals surface area contributed by atoms with Gasteiger partial charge in [0.1, 0.15) is 5.76 Å². The highest BCUT2D eigenvalue weighted by atomic mass is 16.4. The van der Waals surface area contributed by atoms with E-state index in [4.69, 9.17) is 4.42 Å². The lowest BCUT2D eigenvalue weighted by Crippen LogP contribution is -2.49. The normalized spacial score (nSPS) is 16.1. The maximum atomic E-state index is 13.5. The van der Waals surface area contributed by atoms with E-state index in [0.717, 1.165) is 63.2 Å². The molecule has 6 rings (SSSR count). The summed E-state index contributed by atoms with van der Waals surface area (Å²) in [5.41, 5.74) is 3.61. The molecule has 1 aliphatic heterocycles. The molecule has 0 bridgehead atoms. The molecule has 0 radical (unpaired) electrons. The van der Waals surface area contributed by atoms with Crippen LogP contribution < -0.4 is 0 Å². The molecule has 4 aromatic rings. The van der Waals surface area contributed by atoms with Gasteiger partial charge in [0.25, 0.3) is 5.91 Å². The molecule has 2 amide bonds. The average molecular weight is 593 g/mol. The monoisotopic (exact) mass is 592 g/mol. The Labute approximate surface area is 261 Å². The Morgan fingerprint density at radius 2 is 1.50 bits per heavy atom. The predicted octanol–water partition coefficient (Wildman–Crippen LogP) is 6.61. The van der Waals surface area contributed by atoms with Crippen molar-refractivity contribution in [3.8, 4) is 0 Å². The summed E-state index contributed by atoms with van der Waals surface area (Å²) in [6, 6.07) is 29.2. The van der Waals surface area contributed by atoms with Gasteiger partial charge in [-0.05, 0) is 54.7 Å². The molecular weight excluding hydrogens is 548 g/mol. The summed E-state index contributed by atoms with van der Waals surface area (Å²) in [6.45, 7) is 6.88. The highest BCUT2D eigenvalue weighted by Gasteiger charge is 2.30. The van der Waals surface area contributed by atoms with Crippen LogP contribution in [0.25, 0.3) is 0 Å². The number of piperazine rings is 1. The first-order valence-corrected chi connectivity index (χ1v) is 16.3. The number of nitrogens with zero attached hydrogens (tertiary/aromatic N) is 4. The van der Waals surface area contributed by atoms with Crippen LogP contribution in [0, 0.1) is 5.92 Å². The molecule has 2 fully saturated rings. The van der Waals surface area contributed by atoms with Crippen molar-refractivity contribution in [2.45, 2.75) is 58.2 Å². The maximum Gasteiger partial charge on any atom is 0.289 e. The van der Waals surface area contributed by atoms with Crippen LogP contribution >= 0.6 is 0 Å². The zero-order valence-corrected chi connectivity index (χ0v) is 25.8. The number of carbonyl (C=O) groups is 2. The van der Waals surface area contributed by atoms with Crippen LogP contribution in [0.4, 0.5) is 0 Å². The molecule has 2 aromatic carbocycles. The lowest BCUT2D eigenvalue weighted by molar-refractivity contribution is -0.136. The molecule has 3 heterocycles. The van der Waals surface area contributed by atoms with Gasteiger partial charge in [-0.3, -0.25) is 14.5 Å². The third kappa shape index (κ3) is 6.83. The van der Waals surface area contributed by atoms with E-state index in [0.29, 0.717) is 37.8 Å². The van der Waals surface area contributed by atoms with Crippen molar-refractivity contribution in [3.05, 3.63) is 119 Å². The van der Waals surface area contributed by atoms with Gasteiger partial charge in [0, 0.05) is 50.5 Å². The summed E-state index contributed by atoms with van der Waals surface area (Å²) in [7, 11) is 0. The van der Waals surface area contributed by atoms with Crippen LogP contribution in [0.1, 0.15) is 78.2 Å². The smallest absolute Gasteiger partial charge is 0.289 e. The van der Waals surface area contributed by atoms with Gasteiger partial charge in [-0.1, -0.05) is 80.4 Å². The largest absolute Gasteiger partial charge is 0.454 e. The van der Waals surface area contributed by atoms with E-state index in [1.54, 1.807) is 6.07 Å². The SMILES string of the molecule is CCCN(Cc1cccn1Cc1ccc(C(=O)N2CCN(C(c3ccccc3)c3ccccc3)CC2)o1)C(=O)C1CCCC1. The number of carbonyl (C=O) groups excluding carboxylic acids is 2. The lowest BCUT2D eigenvalue weighted by atomic mass is 9.96. The zero-order chi connectivity index (χ0) is 30.3. The highest BCUT2D eigenvalue weighted by Crippen LogP contribution is 2.30. The number of hydrogen-bond donors (Lipinski definition) is 0. The summed E-state index contributed by atoms with van der Waals surface area (Å²) in [5, 5.41) is 0. The Bertz CT molecular complexity index is 1460. The Morgan fingerprint density at radius 1 is 0.841 bits per heavy atom. The summed E-state index contributed by atoms with van der Waals surface area (Å²) >= 11 is 0. The van der Waals surface area contributed by atoms with Gasteiger partial charge < -0.3 is 18.8 Å². The molecule has 7 nitrogen and oxygen atoms in total. The molecular formula is C37H44N4O3. The van der Waals surface area contributed by atoms with Crippen LogP contribution in [-0.4, -0.2) is 63.8 Å². The van der Waals surface area contributed by atoms with Crippen molar-refractivity contribution < 1.29 is 14.0 Å². The van der Waals surface area contributed by atoms with Gasteiger partial charge in [-0.2, -0.15) is 0 Å². The minimum absolute atomic E-state index is 0.0594. The van der Waals surface area contributed by atoms with E-state index in [9.17, 15) is 9.59 Å². The number of benzene rings is 2. The molecule has 0 unspecified atom stereocenters. The Kier molecular flexibility index (Phi) is 9.61. The second kappa shape index (κ2) is 14.1. The van der Waals surface area contributed by atoms with Crippen LogP contribution in [0.3, 0.4) is 0 Å². The number of furan rings is 1. The summed E-state index contributed by atoms with van der Waals surface area (Å²) < 4.78 is 8.24. The number of hydrogen-bond acceptors (Lipinski definition) is 4. The topological polar surface area (TPSA) is 61.9 Å². The molecule has 230 valence electrons. The van der Waals surface area contributed by atoms with Crippen molar-refractivity contribution in [2.24, 2.45) is 5.92 Å². The summed E-state index contributed by atoms with van der Waals surface area (Å²) in [6.07, 6.45) is 7.31. The first-order chi connectivity index (χ1) is 21.6. The lowest BCUT2D eigenvalue weighted by Gasteiger charge is -2.39. The number of aromatic nitrogens is 1. The van der Waals surface area contributed by atoms with Crippen LogP contribution in [0.2, 0.25) is 0 Å². The fourth-order valence-corrected chi connectivity index (χ4v) is 6.88. The molecule has 0 N–H and O–H groups in total. The third-order valence-electron chi connectivity index (χ3n) is 9.18. The Balaban J connectivity index is 1.08. The van der Waals surface area contributed by atoms with Gasteiger partial charge in [0.15, 0.2) is 5.76 Å². The van der Waals surface area contributed by atoms with Crippen molar-refractivity contribution in [1.29, 1.82) is 0 Å². The molecule has 1 saturated carbocycles. The van der Waals surface area contributed by atoms with Crippen molar-refractivity contribution in [3.63, 3.8) is 0 Å². The van der Waals surface area contributed by atoms with Crippen LogP contribution in [-0.2, 0) is 17.9 Å². The van der Waals surface area contributed by atoms with E-state index in [1.807, 2.05) is 28.1 Å². The Hall–Kier alpha value is -4.10. The van der Waals surface area contributed by atoms with Gasteiger partial charge in [-0.25, -0.2) is 0 Å². The standard InChI is InChI=1S/C37H44N4O3/c1-2-21-41(36(42)31-16-9-10-17-31)27-32-18-11-22-40(32)28-33-19-20-34(44-33)37(43)39-25-23-38(24-26-39)35(29-12-5-3-6-13-29)30-14-7-4-8-15-30/h3-8,11-15,18-20,22,31,35H,2,9-10,16-17,21,23-28H2,1H3. The molecule has 7 heteroatoms. The average Bonchev–Trinajstić information content (AvgIpc) is 3.86. The molecule has 0 spiro atoms. The van der Waals surface area contributed by atoms with Gasteiger partial charge in [0.05, 0.1) is 19.1 Å². The van der Waals surface area contributed by atoms with Crippen molar-refractivity contribution in [1.82, 2.24) is 19.3 Å². The first kappa shape index (κ1) is 29.9. The zero-order valence-electron chi connectivity index (χ0n) is 25.8. The maximum absolute atomic E-state index is 13.5.